The Bertz CT molecular complexity index is 1140. The first-order valence-electron chi connectivity index (χ1n) is 9.87. The number of allylic oxidation sites excluding steroid dienone is 2. The number of nitrogens with one attached hydrogen (secondary N) is 1. The number of hydrogen-bond acceptors (Lipinski definition) is 5. The van der Waals surface area contributed by atoms with Gasteiger partial charge in [0.2, 0.25) is 0 Å². The van der Waals surface area contributed by atoms with Gasteiger partial charge in [0.25, 0.3) is 5.69 Å². The lowest BCUT2D eigenvalue weighted by molar-refractivity contribution is -0.385. The maximum absolute atomic E-state index is 11.2. The second-order valence-corrected chi connectivity index (χ2v) is 7.64. The summed E-state index contributed by atoms with van der Waals surface area (Å²) in [5, 5.41) is 25.2. The van der Waals surface area contributed by atoms with Crippen molar-refractivity contribution in [2.75, 3.05) is 5.32 Å². The highest BCUT2D eigenvalue weighted by atomic mass is 16.6. The van der Waals surface area contributed by atoms with E-state index in [1.165, 1.54) is 18.2 Å². The summed E-state index contributed by atoms with van der Waals surface area (Å²) < 4.78 is 6.00. The van der Waals surface area contributed by atoms with Crippen LogP contribution in [0.25, 0.3) is 0 Å². The van der Waals surface area contributed by atoms with Crippen molar-refractivity contribution in [3.8, 4) is 17.2 Å². The van der Waals surface area contributed by atoms with Gasteiger partial charge in [-0.1, -0.05) is 30.4 Å². The number of para-hydroxylation sites is 1. The maximum atomic E-state index is 11.2. The SMILES string of the molecule is O=[N+]([O-])c1ccc(O)c(C2Nc3ccc(Oc4ccccc4)cc3C3C=CCC32)c1. The van der Waals surface area contributed by atoms with E-state index in [0.29, 0.717) is 5.56 Å². The molecule has 6 heteroatoms. The Hall–Kier alpha value is -3.80. The third-order valence-electron chi connectivity index (χ3n) is 5.87. The molecule has 0 aromatic heterocycles. The summed E-state index contributed by atoms with van der Waals surface area (Å²) >= 11 is 0. The first-order valence-corrected chi connectivity index (χ1v) is 9.87. The number of hydrogen-bond donors (Lipinski definition) is 2. The first kappa shape index (κ1) is 18.2. The van der Waals surface area contributed by atoms with Gasteiger partial charge in [-0.25, -0.2) is 0 Å². The van der Waals surface area contributed by atoms with E-state index < -0.39 is 4.92 Å². The molecule has 1 heterocycles. The molecule has 0 fully saturated rings. The van der Waals surface area contributed by atoms with Gasteiger partial charge in [0.15, 0.2) is 0 Å². The van der Waals surface area contributed by atoms with E-state index >= 15 is 0 Å². The third-order valence-corrected chi connectivity index (χ3v) is 5.87. The van der Waals surface area contributed by atoms with Crippen molar-refractivity contribution in [2.45, 2.75) is 18.4 Å². The zero-order valence-electron chi connectivity index (χ0n) is 16.1. The molecule has 30 heavy (non-hydrogen) atoms. The summed E-state index contributed by atoms with van der Waals surface area (Å²) in [4.78, 5) is 10.8. The zero-order chi connectivity index (χ0) is 20.7. The maximum Gasteiger partial charge on any atom is 0.270 e. The molecule has 0 saturated heterocycles. The Balaban J connectivity index is 1.51. The predicted octanol–water partition coefficient (Wildman–Crippen LogP) is 5.92. The molecule has 2 N–H and O–H groups in total. The van der Waals surface area contributed by atoms with Crippen molar-refractivity contribution >= 4 is 11.4 Å². The lowest BCUT2D eigenvalue weighted by Gasteiger charge is -2.37. The lowest BCUT2D eigenvalue weighted by atomic mass is 9.76. The molecule has 2 aliphatic rings. The fraction of sp³-hybridized carbons (Fsp3) is 0.167. The molecule has 0 radical (unpaired) electrons. The van der Waals surface area contributed by atoms with Crippen LogP contribution in [0, 0.1) is 16.0 Å². The minimum absolute atomic E-state index is 0.0236. The number of benzene rings is 3. The number of ether oxygens (including phenoxy) is 1. The van der Waals surface area contributed by atoms with E-state index in [1.807, 2.05) is 48.5 Å². The number of nitro benzene ring substituents is 1. The summed E-state index contributed by atoms with van der Waals surface area (Å²) in [7, 11) is 0. The summed E-state index contributed by atoms with van der Waals surface area (Å²) in [5.41, 5.74) is 2.60. The highest BCUT2D eigenvalue weighted by Gasteiger charge is 2.39. The van der Waals surface area contributed by atoms with Crippen LogP contribution in [-0.4, -0.2) is 10.0 Å². The Morgan fingerprint density at radius 2 is 1.83 bits per heavy atom. The minimum Gasteiger partial charge on any atom is -0.508 e. The summed E-state index contributed by atoms with van der Waals surface area (Å²) in [6.07, 6.45) is 5.14. The molecule has 1 aliphatic carbocycles. The molecule has 3 aromatic rings. The number of phenols is 1. The van der Waals surface area contributed by atoms with Gasteiger partial charge < -0.3 is 15.2 Å². The molecular formula is C24H20N2O4. The van der Waals surface area contributed by atoms with Gasteiger partial charge in [0, 0.05) is 29.3 Å². The molecule has 3 aromatic carbocycles. The van der Waals surface area contributed by atoms with Gasteiger partial charge in [-0.3, -0.25) is 10.1 Å². The van der Waals surface area contributed by atoms with Crippen LogP contribution in [0.3, 0.4) is 0 Å². The average Bonchev–Trinajstić information content (AvgIpc) is 3.25. The molecular weight excluding hydrogens is 380 g/mol. The van der Waals surface area contributed by atoms with Gasteiger partial charge in [-0.05, 0) is 54.3 Å². The fourth-order valence-electron chi connectivity index (χ4n) is 4.47. The topological polar surface area (TPSA) is 84.6 Å². The van der Waals surface area contributed by atoms with Crippen molar-refractivity contribution in [2.24, 2.45) is 5.92 Å². The van der Waals surface area contributed by atoms with Gasteiger partial charge >= 0.3 is 0 Å². The second kappa shape index (κ2) is 7.22. The predicted molar refractivity (Wildman–Crippen MR) is 114 cm³/mol. The number of aromatic hydroxyl groups is 1. The highest BCUT2D eigenvalue weighted by molar-refractivity contribution is 5.63. The average molecular weight is 400 g/mol. The van der Waals surface area contributed by atoms with Crippen LogP contribution in [0.2, 0.25) is 0 Å². The molecule has 0 bridgehead atoms. The number of anilines is 1. The Morgan fingerprint density at radius 1 is 1.00 bits per heavy atom. The molecule has 3 unspecified atom stereocenters. The van der Waals surface area contributed by atoms with Crippen LogP contribution < -0.4 is 10.1 Å². The Kier molecular flexibility index (Phi) is 4.39. The van der Waals surface area contributed by atoms with Crippen LogP contribution in [0.1, 0.15) is 29.5 Å². The van der Waals surface area contributed by atoms with Crippen molar-refractivity contribution in [3.63, 3.8) is 0 Å². The van der Waals surface area contributed by atoms with Crippen molar-refractivity contribution in [3.05, 3.63) is 100 Å². The molecule has 1 aliphatic heterocycles. The van der Waals surface area contributed by atoms with Crippen molar-refractivity contribution < 1.29 is 14.8 Å². The van der Waals surface area contributed by atoms with Gasteiger partial charge in [0.05, 0.1) is 11.0 Å². The van der Waals surface area contributed by atoms with Crippen LogP contribution >= 0.6 is 0 Å². The highest BCUT2D eigenvalue weighted by Crippen LogP contribution is 2.52. The summed E-state index contributed by atoms with van der Waals surface area (Å²) in [6.45, 7) is 0. The smallest absolute Gasteiger partial charge is 0.270 e. The van der Waals surface area contributed by atoms with Crippen LogP contribution in [0.5, 0.6) is 17.2 Å². The second-order valence-electron chi connectivity index (χ2n) is 7.64. The van der Waals surface area contributed by atoms with Crippen molar-refractivity contribution in [1.29, 1.82) is 0 Å². The molecule has 0 saturated carbocycles. The van der Waals surface area contributed by atoms with Crippen LogP contribution in [-0.2, 0) is 0 Å². The molecule has 3 atom stereocenters. The molecule has 0 amide bonds. The largest absolute Gasteiger partial charge is 0.508 e. The van der Waals surface area contributed by atoms with Gasteiger partial charge in [0.1, 0.15) is 17.2 Å². The van der Waals surface area contributed by atoms with E-state index in [2.05, 4.69) is 17.5 Å². The quantitative estimate of drug-likeness (QED) is 0.323. The number of non-ortho nitro benzene ring substituents is 1. The van der Waals surface area contributed by atoms with Gasteiger partial charge in [-0.15, -0.1) is 0 Å². The standard InChI is InChI=1S/C24H20N2O4/c27-23-12-9-15(26(28)29)13-21(23)24-19-8-4-7-18(19)20-14-17(10-11-22(20)25-24)30-16-5-2-1-3-6-16/h1-7,9-14,18-19,24-25,27H,8H2. The zero-order valence-corrected chi connectivity index (χ0v) is 16.1. The van der Waals surface area contributed by atoms with Gasteiger partial charge in [-0.2, -0.15) is 0 Å². The number of nitro groups is 1. The van der Waals surface area contributed by atoms with E-state index in [1.54, 1.807) is 0 Å². The normalized spacial score (nSPS) is 21.4. The van der Waals surface area contributed by atoms with E-state index in [9.17, 15) is 15.2 Å². The monoisotopic (exact) mass is 400 g/mol. The summed E-state index contributed by atoms with van der Waals surface area (Å²) in [5.74, 6) is 1.90. The number of fused-ring (bicyclic) bond motifs is 3. The number of rotatable bonds is 4. The number of phenolic OH excluding ortho intramolecular Hbond substituents is 1. The van der Waals surface area contributed by atoms with E-state index in [0.717, 1.165) is 29.2 Å². The van der Waals surface area contributed by atoms with E-state index in [-0.39, 0.29) is 29.3 Å². The summed E-state index contributed by atoms with van der Waals surface area (Å²) in [6, 6.07) is 19.5. The number of nitrogens with zero attached hydrogens (tertiary/aromatic N) is 1. The Labute approximate surface area is 173 Å². The molecule has 0 spiro atoms. The molecule has 150 valence electrons. The minimum atomic E-state index is -0.433. The fourth-order valence-corrected chi connectivity index (χ4v) is 4.47. The lowest BCUT2D eigenvalue weighted by Crippen LogP contribution is -2.29. The Morgan fingerprint density at radius 3 is 2.63 bits per heavy atom. The van der Waals surface area contributed by atoms with E-state index in [4.69, 9.17) is 4.74 Å². The van der Waals surface area contributed by atoms with Crippen molar-refractivity contribution in [1.82, 2.24) is 0 Å². The molecule has 6 nitrogen and oxygen atoms in total. The first-order chi connectivity index (χ1) is 14.6. The molecule has 5 rings (SSSR count). The van der Waals surface area contributed by atoms with Crippen LogP contribution in [0.4, 0.5) is 11.4 Å². The van der Waals surface area contributed by atoms with Crippen LogP contribution in [0.15, 0.2) is 78.9 Å². The third kappa shape index (κ3) is 3.16.